The van der Waals surface area contributed by atoms with Crippen LogP contribution in [-0.2, 0) is 33.4 Å². The van der Waals surface area contributed by atoms with Gasteiger partial charge in [-0.2, -0.15) is 0 Å². The molecule has 0 aromatic rings. The van der Waals surface area contributed by atoms with E-state index in [1.54, 1.807) is 13.8 Å². The van der Waals surface area contributed by atoms with Gasteiger partial charge >= 0.3 is 23.5 Å². The summed E-state index contributed by atoms with van der Waals surface area (Å²) in [5.74, 6) is -2.91. The summed E-state index contributed by atoms with van der Waals surface area (Å²) in [6.07, 6.45) is 0.0509. The molecule has 0 spiro atoms. The second-order valence-corrected chi connectivity index (χ2v) is 3.57. The van der Waals surface area contributed by atoms with Crippen LogP contribution in [0.1, 0.15) is 33.6 Å². The largest absolute Gasteiger partial charge is 0.463 e. The Balaban J connectivity index is 5.40. The Hall–Kier alpha value is -1.92. The second kappa shape index (κ2) is 8.23. The molecule has 0 aliphatic carbocycles. The fourth-order valence-corrected chi connectivity index (χ4v) is 1.42. The van der Waals surface area contributed by atoms with Gasteiger partial charge in [-0.25, -0.2) is 9.59 Å². The Kier molecular flexibility index (Phi) is 7.40. The molecule has 0 aliphatic rings. The summed E-state index contributed by atoms with van der Waals surface area (Å²) in [5, 5.41) is 0. The highest BCUT2D eigenvalue weighted by atomic mass is 16.6. The van der Waals surface area contributed by atoms with Crippen LogP contribution in [0.25, 0.3) is 0 Å². The van der Waals surface area contributed by atoms with Crippen LogP contribution >= 0.6 is 0 Å². The quantitative estimate of drug-likeness (QED) is 0.273. The molecule has 0 unspecified atom stereocenters. The van der Waals surface area contributed by atoms with Crippen molar-refractivity contribution in [2.24, 2.45) is 0 Å². The third-order valence-electron chi connectivity index (χ3n) is 2.14. The van der Waals surface area contributed by atoms with E-state index in [9.17, 15) is 19.2 Å². The monoisotopic (exact) mass is 274 g/mol. The summed E-state index contributed by atoms with van der Waals surface area (Å²) in [4.78, 5) is 45.4. The molecule has 0 rings (SSSR count). The number of aldehydes is 1. The van der Waals surface area contributed by atoms with Crippen molar-refractivity contribution in [3.63, 3.8) is 0 Å². The average Bonchev–Trinajstić information content (AvgIpc) is 2.34. The molecule has 0 atom stereocenters. The predicted octanol–water partition coefficient (Wildman–Crippen LogP) is 0.394. The summed E-state index contributed by atoms with van der Waals surface area (Å²) >= 11 is 0. The Bertz CT molecular complexity index is 330. The predicted molar refractivity (Wildman–Crippen MR) is 63.1 cm³/mol. The average molecular weight is 274 g/mol. The summed E-state index contributed by atoms with van der Waals surface area (Å²) in [5.41, 5.74) is -2.21. The lowest BCUT2D eigenvalue weighted by atomic mass is 9.97. The van der Waals surface area contributed by atoms with Gasteiger partial charge in [0.1, 0.15) is 6.29 Å². The van der Waals surface area contributed by atoms with E-state index in [1.165, 1.54) is 0 Å². The first kappa shape index (κ1) is 17.1. The number of carbonyl (C=O) groups is 4. The SMILES string of the molecule is CCOC(=O)C(CCC=O)(OC(C)=O)C(=O)OCC. The Morgan fingerprint density at radius 1 is 1.05 bits per heavy atom. The fourth-order valence-electron chi connectivity index (χ4n) is 1.42. The molecule has 7 heteroatoms. The Labute approximate surface area is 111 Å². The van der Waals surface area contributed by atoms with Gasteiger partial charge in [0.2, 0.25) is 0 Å². The first-order valence-corrected chi connectivity index (χ1v) is 5.92. The number of hydrogen-bond acceptors (Lipinski definition) is 7. The van der Waals surface area contributed by atoms with E-state index in [2.05, 4.69) is 0 Å². The van der Waals surface area contributed by atoms with Crippen molar-refractivity contribution in [1.82, 2.24) is 0 Å². The van der Waals surface area contributed by atoms with Crippen LogP contribution in [0.3, 0.4) is 0 Å². The number of rotatable bonds is 8. The number of esters is 3. The Morgan fingerprint density at radius 3 is 1.84 bits per heavy atom. The third-order valence-corrected chi connectivity index (χ3v) is 2.14. The van der Waals surface area contributed by atoms with Crippen molar-refractivity contribution in [3.8, 4) is 0 Å². The first-order valence-electron chi connectivity index (χ1n) is 5.92. The summed E-state index contributed by atoms with van der Waals surface area (Å²) in [6.45, 7) is 4.14. The molecule has 0 amide bonds. The minimum atomic E-state index is -2.21. The van der Waals surface area contributed by atoms with Crippen LogP contribution in [0.15, 0.2) is 0 Å². The van der Waals surface area contributed by atoms with E-state index in [-0.39, 0.29) is 26.1 Å². The molecule has 7 nitrogen and oxygen atoms in total. The molecule has 0 saturated heterocycles. The molecule has 108 valence electrons. The topological polar surface area (TPSA) is 96.0 Å². The van der Waals surface area contributed by atoms with Gasteiger partial charge in [-0.1, -0.05) is 0 Å². The molecule has 0 saturated carbocycles. The van der Waals surface area contributed by atoms with Crippen molar-refractivity contribution in [2.45, 2.75) is 39.2 Å². The van der Waals surface area contributed by atoms with E-state index in [1.807, 2.05) is 0 Å². The van der Waals surface area contributed by atoms with E-state index in [0.29, 0.717) is 6.29 Å². The maximum absolute atomic E-state index is 11.9. The molecule has 0 bridgehead atoms. The molecule has 0 fully saturated rings. The van der Waals surface area contributed by atoms with Crippen molar-refractivity contribution < 1.29 is 33.4 Å². The molecule has 0 heterocycles. The van der Waals surface area contributed by atoms with Gasteiger partial charge in [0.05, 0.1) is 13.2 Å². The zero-order valence-corrected chi connectivity index (χ0v) is 11.3. The van der Waals surface area contributed by atoms with E-state index in [0.717, 1.165) is 6.92 Å². The maximum atomic E-state index is 11.9. The molecule has 0 N–H and O–H groups in total. The lowest BCUT2D eigenvalue weighted by molar-refractivity contribution is -0.196. The van der Waals surface area contributed by atoms with Gasteiger partial charge in [-0.15, -0.1) is 0 Å². The van der Waals surface area contributed by atoms with Crippen LogP contribution in [0.4, 0.5) is 0 Å². The highest BCUT2D eigenvalue weighted by molar-refractivity contribution is 6.05. The highest BCUT2D eigenvalue weighted by Gasteiger charge is 2.52. The summed E-state index contributed by atoms with van der Waals surface area (Å²) in [6, 6.07) is 0. The minimum Gasteiger partial charge on any atom is -0.463 e. The molecular weight excluding hydrogens is 256 g/mol. The fraction of sp³-hybridized carbons (Fsp3) is 0.667. The van der Waals surface area contributed by atoms with Gasteiger partial charge < -0.3 is 19.0 Å². The number of hydrogen-bond donors (Lipinski definition) is 0. The van der Waals surface area contributed by atoms with E-state index in [4.69, 9.17) is 14.2 Å². The van der Waals surface area contributed by atoms with E-state index >= 15 is 0 Å². The van der Waals surface area contributed by atoms with Gasteiger partial charge in [0.25, 0.3) is 0 Å². The maximum Gasteiger partial charge on any atom is 0.362 e. The first-order chi connectivity index (χ1) is 8.94. The van der Waals surface area contributed by atoms with Gasteiger partial charge in [-0.05, 0) is 13.8 Å². The van der Waals surface area contributed by atoms with Crippen molar-refractivity contribution in [2.75, 3.05) is 13.2 Å². The Morgan fingerprint density at radius 2 is 1.53 bits per heavy atom. The molecule has 19 heavy (non-hydrogen) atoms. The highest BCUT2D eigenvalue weighted by Crippen LogP contribution is 2.23. The molecular formula is C12H18O7. The zero-order valence-electron chi connectivity index (χ0n) is 11.3. The van der Waals surface area contributed by atoms with Gasteiger partial charge in [0.15, 0.2) is 0 Å². The number of ether oxygens (including phenoxy) is 3. The molecule has 0 aliphatic heterocycles. The van der Waals surface area contributed by atoms with Crippen LogP contribution in [-0.4, -0.2) is 43.0 Å². The zero-order chi connectivity index (χ0) is 14.9. The molecule has 0 aromatic carbocycles. The van der Waals surface area contributed by atoms with Gasteiger partial charge in [-0.3, -0.25) is 4.79 Å². The molecule has 0 radical (unpaired) electrons. The third kappa shape index (κ3) is 4.69. The summed E-state index contributed by atoms with van der Waals surface area (Å²) < 4.78 is 14.3. The summed E-state index contributed by atoms with van der Waals surface area (Å²) in [7, 11) is 0. The molecule has 0 aromatic heterocycles. The van der Waals surface area contributed by atoms with Crippen LogP contribution in [0, 0.1) is 0 Å². The minimum absolute atomic E-state index is 0.00232. The van der Waals surface area contributed by atoms with Crippen LogP contribution in [0.2, 0.25) is 0 Å². The van der Waals surface area contributed by atoms with Gasteiger partial charge in [0, 0.05) is 19.8 Å². The van der Waals surface area contributed by atoms with Crippen LogP contribution in [0.5, 0.6) is 0 Å². The lowest BCUT2D eigenvalue weighted by Gasteiger charge is -2.27. The number of carbonyl (C=O) groups excluding carboxylic acids is 4. The standard InChI is InChI=1S/C12H18O7/c1-4-17-10(15)12(7-6-8-13,19-9(3)14)11(16)18-5-2/h8H,4-7H2,1-3H3. The van der Waals surface area contributed by atoms with Crippen molar-refractivity contribution in [3.05, 3.63) is 0 Å². The van der Waals surface area contributed by atoms with E-state index < -0.39 is 23.5 Å². The second-order valence-electron chi connectivity index (χ2n) is 3.57. The van der Waals surface area contributed by atoms with Crippen molar-refractivity contribution in [1.29, 1.82) is 0 Å². The van der Waals surface area contributed by atoms with Crippen LogP contribution < -0.4 is 0 Å². The lowest BCUT2D eigenvalue weighted by Crippen LogP contribution is -2.52. The van der Waals surface area contributed by atoms with Crippen molar-refractivity contribution >= 4 is 24.2 Å². The normalized spacial score (nSPS) is 10.5. The smallest absolute Gasteiger partial charge is 0.362 e.